The second-order valence-electron chi connectivity index (χ2n) is 7.77. The van der Waals surface area contributed by atoms with Crippen LogP contribution < -0.4 is 20.8 Å². The fourth-order valence-corrected chi connectivity index (χ4v) is 4.03. The average Bonchev–Trinajstić information content (AvgIpc) is 3.27. The smallest absolute Gasteiger partial charge is 0.320 e. The lowest BCUT2D eigenvalue weighted by molar-refractivity contribution is 0.0754. The molecule has 1 unspecified atom stereocenters. The van der Waals surface area contributed by atoms with Gasteiger partial charge in [-0.2, -0.15) is 5.10 Å². The second kappa shape index (κ2) is 8.78. The largest absolute Gasteiger partial charge is 0.497 e. The van der Waals surface area contributed by atoms with Crippen molar-refractivity contribution in [3.05, 3.63) is 83.3 Å². The molecule has 3 N–H and O–H groups in total. The molecule has 9 heteroatoms. The molecule has 0 aromatic heterocycles. The number of benzene rings is 2. The van der Waals surface area contributed by atoms with E-state index in [0.717, 1.165) is 5.56 Å². The van der Waals surface area contributed by atoms with Crippen LogP contribution in [0, 0.1) is 5.82 Å². The third-order valence-electron chi connectivity index (χ3n) is 5.78. The zero-order chi connectivity index (χ0) is 23.6. The maximum absolute atomic E-state index is 13.1. The van der Waals surface area contributed by atoms with E-state index in [1.807, 2.05) is 19.1 Å². The number of carbonyl (C=O) groups excluding carboxylic acids is 2. The van der Waals surface area contributed by atoms with E-state index in [0.29, 0.717) is 34.8 Å². The molecule has 1 atom stereocenters. The molecule has 2 aromatic carbocycles. The van der Waals surface area contributed by atoms with E-state index >= 15 is 0 Å². The molecule has 3 amide bonds. The summed E-state index contributed by atoms with van der Waals surface area (Å²) in [5, 5.41) is 9.86. The first-order valence-corrected chi connectivity index (χ1v) is 10.3. The van der Waals surface area contributed by atoms with Crippen LogP contribution in [0.25, 0.3) is 0 Å². The highest BCUT2D eigenvalue weighted by molar-refractivity contribution is 5.99. The highest BCUT2D eigenvalue weighted by atomic mass is 19.1. The van der Waals surface area contributed by atoms with Crippen LogP contribution in [0.4, 0.5) is 14.9 Å². The lowest BCUT2D eigenvalue weighted by atomic mass is 9.87. The fourth-order valence-electron chi connectivity index (χ4n) is 4.03. The van der Waals surface area contributed by atoms with Crippen molar-refractivity contribution >= 4 is 23.8 Å². The van der Waals surface area contributed by atoms with Crippen LogP contribution in [-0.2, 0) is 6.54 Å². The second-order valence-corrected chi connectivity index (χ2v) is 7.77. The van der Waals surface area contributed by atoms with Gasteiger partial charge in [-0.1, -0.05) is 18.7 Å². The lowest BCUT2D eigenvalue weighted by Crippen LogP contribution is -2.53. The molecular formula is C24H24FN5O3. The third kappa shape index (κ3) is 4.17. The Morgan fingerprint density at radius 2 is 2.06 bits per heavy atom. The molecule has 0 spiro atoms. The number of rotatable bonds is 7. The Bertz CT molecular complexity index is 1180. The van der Waals surface area contributed by atoms with Gasteiger partial charge in [-0.15, -0.1) is 0 Å². The summed E-state index contributed by atoms with van der Waals surface area (Å²) >= 11 is 0. The van der Waals surface area contributed by atoms with Gasteiger partial charge in [0.05, 0.1) is 25.6 Å². The van der Waals surface area contributed by atoms with Crippen molar-refractivity contribution in [1.82, 2.24) is 15.5 Å². The fraction of sp³-hybridized carbons (Fsp3) is 0.208. The Morgan fingerprint density at radius 3 is 2.70 bits per heavy atom. The standard InChI is InChI=1S/C24H24FN5O3/c1-4-17(12-26-29-19-8-6-18(25)7-9-19)24(15(2)27-23(32)28-24)14-30-13-16-5-10-20(33-3)11-21(16)22(30)31/h4-12,29H,2,13-14H2,1,3H3,(H2,27,28,32)/b17-4+,26-12-. The van der Waals surface area contributed by atoms with Gasteiger partial charge in [0.25, 0.3) is 5.91 Å². The van der Waals surface area contributed by atoms with Crippen molar-refractivity contribution in [2.75, 3.05) is 19.1 Å². The molecule has 0 saturated carbocycles. The number of fused-ring (bicyclic) bond motifs is 1. The molecular weight excluding hydrogens is 425 g/mol. The number of urea groups is 1. The molecule has 0 aliphatic carbocycles. The van der Waals surface area contributed by atoms with Crippen LogP contribution in [0.15, 0.2) is 71.5 Å². The molecule has 1 fully saturated rings. The minimum atomic E-state index is -1.08. The Balaban J connectivity index is 1.59. The molecule has 8 nitrogen and oxygen atoms in total. The van der Waals surface area contributed by atoms with Crippen molar-refractivity contribution in [3.63, 3.8) is 0 Å². The summed E-state index contributed by atoms with van der Waals surface area (Å²) < 4.78 is 18.4. The topological polar surface area (TPSA) is 95.1 Å². The molecule has 2 heterocycles. The summed E-state index contributed by atoms with van der Waals surface area (Å²) in [4.78, 5) is 27.0. The van der Waals surface area contributed by atoms with Crippen molar-refractivity contribution in [2.24, 2.45) is 5.10 Å². The molecule has 2 aliphatic heterocycles. The molecule has 4 rings (SSSR count). The monoisotopic (exact) mass is 449 g/mol. The number of hydrogen-bond donors (Lipinski definition) is 3. The highest BCUT2D eigenvalue weighted by Gasteiger charge is 2.47. The van der Waals surface area contributed by atoms with E-state index in [4.69, 9.17) is 4.74 Å². The summed E-state index contributed by atoms with van der Waals surface area (Å²) in [5.41, 5.74) is 4.85. The van der Waals surface area contributed by atoms with E-state index in [2.05, 4.69) is 27.7 Å². The number of carbonyl (C=O) groups is 2. The number of amides is 3. The Kier molecular flexibility index (Phi) is 5.87. The van der Waals surface area contributed by atoms with E-state index < -0.39 is 11.6 Å². The minimum absolute atomic E-state index is 0.155. The van der Waals surface area contributed by atoms with E-state index in [1.54, 1.807) is 42.5 Å². The number of methoxy groups -OCH3 is 1. The quantitative estimate of drug-likeness (QED) is 0.446. The Hall–Kier alpha value is -4.14. The number of nitrogens with zero attached hydrogens (tertiary/aromatic N) is 2. The Morgan fingerprint density at radius 1 is 1.30 bits per heavy atom. The molecule has 170 valence electrons. The van der Waals surface area contributed by atoms with Gasteiger partial charge in [0.1, 0.15) is 17.1 Å². The zero-order valence-corrected chi connectivity index (χ0v) is 18.3. The summed E-state index contributed by atoms with van der Waals surface area (Å²) in [6, 6.07) is 10.8. The molecule has 0 radical (unpaired) electrons. The van der Waals surface area contributed by atoms with Crippen molar-refractivity contribution in [1.29, 1.82) is 0 Å². The first-order chi connectivity index (χ1) is 15.9. The summed E-state index contributed by atoms with van der Waals surface area (Å²) in [7, 11) is 1.55. The van der Waals surface area contributed by atoms with E-state index in [-0.39, 0.29) is 18.3 Å². The van der Waals surface area contributed by atoms with Crippen LogP contribution in [0.3, 0.4) is 0 Å². The summed E-state index contributed by atoms with van der Waals surface area (Å²) in [5.74, 6) is 0.101. The van der Waals surface area contributed by atoms with Gasteiger partial charge in [-0.3, -0.25) is 10.2 Å². The van der Waals surface area contributed by atoms with Crippen LogP contribution in [0.2, 0.25) is 0 Å². The number of ether oxygens (including phenoxy) is 1. The predicted octanol–water partition coefficient (Wildman–Crippen LogP) is 3.40. The molecule has 1 saturated heterocycles. The van der Waals surface area contributed by atoms with Crippen molar-refractivity contribution in [3.8, 4) is 5.75 Å². The van der Waals surface area contributed by atoms with Crippen LogP contribution >= 0.6 is 0 Å². The summed E-state index contributed by atoms with van der Waals surface area (Å²) in [6.45, 7) is 6.39. The number of nitrogens with one attached hydrogen (secondary N) is 3. The van der Waals surface area contributed by atoms with Gasteiger partial charge in [0.2, 0.25) is 0 Å². The summed E-state index contributed by atoms with van der Waals surface area (Å²) in [6.07, 6.45) is 3.35. The number of allylic oxidation sites excluding steroid dienone is 1. The number of halogens is 1. The van der Waals surface area contributed by atoms with E-state index in [9.17, 15) is 14.0 Å². The number of anilines is 1. The third-order valence-corrected chi connectivity index (χ3v) is 5.78. The van der Waals surface area contributed by atoms with Crippen LogP contribution in [0.5, 0.6) is 5.75 Å². The molecule has 2 aliphatic rings. The zero-order valence-electron chi connectivity index (χ0n) is 18.3. The van der Waals surface area contributed by atoms with Gasteiger partial charge in [0, 0.05) is 23.4 Å². The van der Waals surface area contributed by atoms with Crippen molar-refractivity contribution < 1.29 is 18.7 Å². The SMILES string of the molecule is C=C1NC(=O)NC1(CN1Cc2ccc(OC)cc2C1=O)C(/C=N\Nc1ccc(F)cc1)=C/C. The van der Waals surface area contributed by atoms with Gasteiger partial charge in [0.15, 0.2) is 0 Å². The van der Waals surface area contributed by atoms with Crippen LogP contribution in [0.1, 0.15) is 22.8 Å². The highest BCUT2D eigenvalue weighted by Crippen LogP contribution is 2.33. The predicted molar refractivity (Wildman–Crippen MR) is 124 cm³/mol. The average molecular weight is 449 g/mol. The minimum Gasteiger partial charge on any atom is -0.497 e. The molecule has 33 heavy (non-hydrogen) atoms. The van der Waals surface area contributed by atoms with Crippen LogP contribution in [-0.4, -0.2) is 42.2 Å². The lowest BCUT2D eigenvalue weighted by Gasteiger charge is -2.34. The maximum Gasteiger partial charge on any atom is 0.320 e. The van der Waals surface area contributed by atoms with Gasteiger partial charge in [-0.25, -0.2) is 9.18 Å². The molecule has 2 aromatic rings. The number of hydrazone groups is 1. The number of hydrogen-bond acceptors (Lipinski definition) is 5. The Labute approximate surface area is 190 Å². The van der Waals surface area contributed by atoms with E-state index in [1.165, 1.54) is 12.1 Å². The van der Waals surface area contributed by atoms with Gasteiger partial charge in [-0.05, 0) is 48.9 Å². The van der Waals surface area contributed by atoms with Crippen molar-refractivity contribution in [2.45, 2.75) is 19.0 Å². The van der Waals surface area contributed by atoms with Gasteiger partial charge >= 0.3 is 6.03 Å². The first kappa shape index (κ1) is 22.1. The maximum atomic E-state index is 13.1. The molecule has 0 bridgehead atoms. The normalized spacial score (nSPS) is 20.2. The first-order valence-electron chi connectivity index (χ1n) is 10.3. The van der Waals surface area contributed by atoms with Gasteiger partial charge < -0.3 is 20.3 Å².